The molecular formula is C20H24O2. The monoisotopic (exact) mass is 296 g/mol. The first-order valence-corrected chi connectivity index (χ1v) is 8.52. The summed E-state index contributed by atoms with van der Waals surface area (Å²) in [5.74, 6) is 0.906. The van der Waals surface area contributed by atoms with E-state index in [1.54, 1.807) is 0 Å². The lowest BCUT2D eigenvalue weighted by atomic mass is 9.77. The van der Waals surface area contributed by atoms with Gasteiger partial charge in [-0.25, -0.2) is 0 Å². The zero-order chi connectivity index (χ0) is 15.7. The number of Topliss-reactive ketones (excluding diaryl/α,β-unsaturated/α-hetero) is 2. The average molecular weight is 296 g/mol. The number of benzene rings is 1. The highest BCUT2D eigenvalue weighted by Crippen LogP contribution is 2.35. The van der Waals surface area contributed by atoms with E-state index in [1.807, 2.05) is 18.2 Å². The molecule has 0 N–H and O–H groups in total. The van der Waals surface area contributed by atoms with E-state index in [9.17, 15) is 9.59 Å². The normalized spacial score (nSPS) is 17.8. The number of fused-ring (bicyclic) bond motifs is 1. The molecule has 3 rings (SSSR count). The minimum atomic E-state index is 0.0954. The van der Waals surface area contributed by atoms with Crippen LogP contribution in [0.2, 0.25) is 0 Å². The number of carbonyl (C=O) groups is 2. The Morgan fingerprint density at radius 3 is 2.23 bits per heavy atom. The van der Waals surface area contributed by atoms with Crippen LogP contribution in [0.4, 0.5) is 0 Å². The van der Waals surface area contributed by atoms with Crippen LogP contribution in [0.15, 0.2) is 29.3 Å². The second-order valence-corrected chi connectivity index (χ2v) is 6.99. The number of aryl methyl sites for hydroxylation is 1. The van der Waals surface area contributed by atoms with Gasteiger partial charge in [0, 0.05) is 22.3 Å². The third-order valence-electron chi connectivity index (χ3n) is 4.84. The molecule has 0 bridgehead atoms. The summed E-state index contributed by atoms with van der Waals surface area (Å²) in [6.45, 7) is 4.46. The molecule has 0 aliphatic heterocycles. The second kappa shape index (κ2) is 6.20. The molecule has 0 radical (unpaired) electrons. The van der Waals surface area contributed by atoms with Crippen LogP contribution >= 0.6 is 0 Å². The molecule has 2 nitrogen and oxygen atoms in total. The van der Waals surface area contributed by atoms with Gasteiger partial charge in [0.1, 0.15) is 0 Å². The van der Waals surface area contributed by atoms with E-state index >= 15 is 0 Å². The van der Waals surface area contributed by atoms with Gasteiger partial charge in [-0.15, -0.1) is 0 Å². The van der Waals surface area contributed by atoms with E-state index in [4.69, 9.17) is 0 Å². The van der Waals surface area contributed by atoms with Crippen LogP contribution in [-0.4, -0.2) is 11.6 Å². The van der Waals surface area contributed by atoms with Crippen LogP contribution in [0.25, 0.3) is 0 Å². The number of carbonyl (C=O) groups excluding carboxylic acids is 2. The van der Waals surface area contributed by atoms with Gasteiger partial charge in [0.25, 0.3) is 0 Å². The number of ketones is 2. The van der Waals surface area contributed by atoms with Gasteiger partial charge < -0.3 is 0 Å². The van der Waals surface area contributed by atoms with Gasteiger partial charge in [-0.1, -0.05) is 32.4 Å². The lowest BCUT2D eigenvalue weighted by Gasteiger charge is -2.25. The highest BCUT2D eigenvalue weighted by Gasteiger charge is 2.33. The molecule has 0 saturated carbocycles. The summed E-state index contributed by atoms with van der Waals surface area (Å²) in [6.07, 6.45) is 6.92. The Morgan fingerprint density at radius 1 is 0.955 bits per heavy atom. The molecule has 1 aromatic rings. The number of hydrogen-bond donors (Lipinski definition) is 0. The predicted molar refractivity (Wildman–Crippen MR) is 88.4 cm³/mol. The lowest BCUT2D eigenvalue weighted by molar-refractivity contribution is 0.0964. The highest BCUT2D eigenvalue weighted by atomic mass is 16.1. The molecule has 0 amide bonds. The van der Waals surface area contributed by atoms with Crippen molar-refractivity contribution >= 4 is 11.6 Å². The number of hydrogen-bond acceptors (Lipinski definition) is 2. The Labute approximate surface area is 132 Å². The van der Waals surface area contributed by atoms with Gasteiger partial charge >= 0.3 is 0 Å². The van der Waals surface area contributed by atoms with Gasteiger partial charge in [-0.3, -0.25) is 9.59 Å². The zero-order valence-corrected chi connectivity index (χ0v) is 13.6. The summed E-state index contributed by atoms with van der Waals surface area (Å²) in [5, 5.41) is 0. The maximum Gasteiger partial charge on any atom is 0.190 e. The van der Waals surface area contributed by atoms with Crippen molar-refractivity contribution < 1.29 is 9.59 Å². The zero-order valence-electron chi connectivity index (χ0n) is 13.6. The Bertz CT molecular complexity index is 650. The smallest absolute Gasteiger partial charge is 0.190 e. The Balaban J connectivity index is 1.87. The molecule has 0 aromatic heterocycles. The van der Waals surface area contributed by atoms with E-state index in [1.165, 1.54) is 12.0 Å². The predicted octanol–water partition coefficient (Wildman–Crippen LogP) is 4.91. The van der Waals surface area contributed by atoms with Crippen molar-refractivity contribution in [1.29, 1.82) is 0 Å². The summed E-state index contributed by atoms with van der Waals surface area (Å²) in [7, 11) is 0. The first-order valence-electron chi connectivity index (χ1n) is 8.52. The topological polar surface area (TPSA) is 34.1 Å². The van der Waals surface area contributed by atoms with Crippen molar-refractivity contribution in [3.8, 4) is 0 Å². The van der Waals surface area contributed by atoms with Gasteiger partial charge in [-0.2, -0.15) is 0 Å². The molecule has 2 heteroatoms. The average Bonchev–Trinajstić information content (AvgIpc) is 2.52. The van der Waals surface area contributed by atoms with Gasteiger partial charge in [0.05, 0.1) is 0 Å². The van der Waals surface area contributed by atoms with Crippen LogP contribution in [0.5, 0.6) is 0 Å². The van der Waals surface area contributed by atoms with Gasteiger partial charge in [-0.05, 0) is 56.1 Å². The lowest BCUT2D eigenvalue weighted by Crippen LogP contribution is -2.24. The molecule has 0 saturated heterocycles. The number of allylic oxidation sites excluding steroid dienone is 2. The minimum absolute atomic E-state index is 0.0954. The molecule has 22 heavy (non-hydrogen) atoms. The molecule has 1 aromatic carbocycles. The third kappa shape index (κ3) is 2.79. The van der Waals surface area contributed by atoms with Crippen molar-refractivity contribution in [2.45, 2.75) is 58.8 Å². The van der Waals surface area contributed by atoms with Crippen LogP contribution < -0.4 is 0 Å². The minimum Gasteiger partial charge on any atom is -0.289 e. The molecule has 0 atom stereocenters. The molecule has 2 aliphatic rings. The molecule has 0 unspecified atom stereocenters. The summed E-state index contributed by atoms with van der Waals surface area (Å²) < 4.78 is 0. The van der Waals surface area contributed by atoms with Crippen molar-refractivity contribution in [1.82, 2.24) is 0 Å². The van der Waals surface area contributed by atoms with E-state index < -0.39 is 0 Å². The SMILES string of the molecule is CC(C)CCCc1ccc2c(c1)C(=O)C1=C(CCCC1)C2=O. The highest BCUT2D eigenvalue weighted by molar-refractivity contribution is 6.27. The summed E-state index contributed by atoms with van der Waals surface area (Å²) in [4.78, 5) is 25.3. The van der Waals surface area contributed by atoms with Crippen molar-refractivity contribution in [3.05, 3.63) is 46.0 Å². The maximum absolute atomic E-state index is 12.7. The molecule has 116 valence electrons. The third-order valence-corrected chi connectivity index (χ3v) is 4.84. The Hall–Kier alpha value is -1.70. The van der Waals surface area contributed by atoms with E-state index in [2.05, 4.69) is 13.8 Å². The van der Waals surface area contributed by atoms with Gasteiger partial charge in [0.2, 0.25) is 0 Å². The summed E-state index contributed by atoms with van der Waals surface area (Å²) in [5.41, 5.74) is 4.03. The van der Waals surface area contributed by atoms with E-state index in [-0.39, 0.29) is 11.6 Å². The van der Waals surface area contributed by atoms with Crippen LogP contribution in [0.1, 0.15) is 78.7 Å². The standard InChI is InChI=1S/C20H24O2/c1-13(2)6-5-7-14-10-11-17-18(12-14)20(22)16-9-4-3-8-15(16)19(17)21/h10-13H,3-9H2,1-2H3. The fourth-order valence-corrected chi connectivity index (χ4v) is 3.58. The van der Waals surface area contributed by atoms with Crippen molar-refractivity contribution in [2.75, 3.05) is 0 Å². The largest absolute Gasteiger partial charge is 0.289 e. The molecule has 0 heterocycles. The maximum atomic E-state index is 12.7. The fourth-order valence-electron chi connectivity index (χ4n) is 3.58. The van der Waals surface area contributed by atoms with Gasteiger partial charge in [0.15, 0.2) is 11.6 Å². The molecular weight excluding hydrogens is 272 g/mol. The Kier molecular flexibility index (Phi) is 4.28. The van der Waals surface area contributed by atoms with Crippen LogP contribution in [0, 0.1) is 5.92 Å². The van der Waals surface area contributed by atoms with Crippen molar-refractivity contribution in [3.63, 3.8) is 0 Å². The van der Waals surface area contributed by atoms with Crippen molar-refractivity contribution in [2.24, 2.45) is 5.92 Å². The van der Waals surface area contributed by atoms with E-state index in [0.717, 1.165) is 49.7 Å². The summed E-state index contributed by atoms with van der Waals surface area (Å²) >= 11 is 0. The first-order chi connectivity index (χ1) is 10.6. The Morgan fingerprint density at radius 2 is 1.59 bits per heavy atom. The molecule has 0 fully saturated rings. The summed E-state index contributed by atoms with van der Waals surface area (Å²) in [6, 6.07) is 5.87. The fraction of sp³-hybridized carbons (Fsp3) is 0.500. The first kappa shape index (κ1) is 15.2. The van der Waals surface area contributed by atoms with Crippen LogP contribution in [0.3, 0.4) is 0 Å². The quantitative estimate of drug-likeness (QED) is 0.790. The second-order valence-electron chi connectivity index (χ2n) is 6.99. The van der Waals surface area contributed by atoms with E-state index in [0.29, 0.717) is 17.0 Å². The molecule has 2 aliphatic carbocycles. The van der Waals surface area contributed by atoms with Crippen LogP contribution in [-0.2, 0) is 6.42 Å². The number of rotatable bonds is 4. The molecule has 0 spiro atoms.